The van der Waals surface area contributed by atoms with Gasteiger partial charge in [0.2, 0.25) is 0 Å². The predicted molar refractivity (Wildman–Crippen MR) is 63.8 cm³/mol. The lowest BCUT2D eigenvalue weighted by Crippen LogP contribution is -2.04. The average Bonchev–Trinajstić information content (AvgIpc) is 2.21. The van der Waals surface area contributed by atoms with E-state index >= 15 is 0 Å². The highest BCUT2D eigenvalue weighted by Gasteiger charge is 1.92. The van der Waals surface area contributed by atoms with E-state index in [-0.39, 0.29) is 0 Å². The summed E-state index contributed by atoms with van der Waals surface area (Å²) < 4.78 is 0. The van der Waals surface area contributed by atoms with E-state index in [0.29, 0.717) is 0 Å². The van der Waals surface area contributed by atoms with Gasteiger partial charge in [-0.15, -0.1) is 0 Å². The first-order chi connectivity index (χ1) is 6.22. The molecule has 0 saturated carbocycles. The topological polar surface area (TPSA) is 52.0 Å². The molecule has 1 atom stereocenters. The van der Waals surface area contributed by atoms with Crippen molar-refractivity contribution in [1.82, 2.24) is 0 Å². The van der Waals surface area contributed by atoms with Crippen molar-refractivity contribution >= 4 is 0 Å². The van der Waals surface area contributed by atoms with E-state index in [4.69, 9.17) is 11.5 Å². The average molecular weight is 190 g/mol. The minimum Gasteiger partial charge on any atom is -0.330 e. The lowest BCUT2D eigenvalue weighted by atomic mass is 10.1. The van der Waals surface area contributed by atoms with Crippen molar-refractivity contribution in [2.45, 2.75) is 53.9 Å². The monoisotopic (exact) mass is 190 g/mol. The summed E-state index contributed by atoms with van der Waals surface area (Å²) in [6.07, 6.45) is 3.54. The number of nitrogens with two attached hydrogens (primary N) is 2. The van der Waals surface area contributed by atoms with Crippen LogP contribution >= 0.6 is 0 Å². The van der Waals surface area contributed by atoms with E-state index < -0.39 is 0 Å². The van der Waals surface area contributed by atoms with Crippen LogP contribution in [0.5, 0.6) is 0 Å². The van der Waals surface area contributed by atoms with Gasteiger partial charge in [-0.05, 0) is 31.8 Å². The molecular formula is C11H30N2. The van der Waals surface area contributed by atoms with E-state index in [1.165, 1.54) is 12.8 Å². The van der Waals surface area contributed by atoms with E-state index in [1.807, 2.05) is 13.8 Å². The molecule has 0 spiro atoms. The highest BCUT2D eigenvalue weighted by atomic mass is 14.5. The van der Waals surface area contributed by atoms with Crippen LogP contribution in [0.1, 0.15) is 53.9 Å². The molecule has 0 aromatic heterocycles. The van der Waals surface area contributed by atoms with Crippen LogP contribution in [-0.4, -0.2) is 13.1 Å². The summed E-state index contributed by atoms with van der Waals surface area (Å²) in [5.41, 5.74) is 10.3. The Bertz CT molecular complexity index is 54.1. The van der Waals surface area contributed by atoms with Crippen LogP contribution < -0.4 is 11.5 Å². The van der Waals surface area contributed by atoms with Gasteiger partial charge in [-0.25, -0.2) is 0 Å². The fraction of sp³-hybridized carbons (Fsp3) is 1.00. The first-order valence-electron chi connectivity index (χ1n) is 5.62. The second-order valence-electron chi connectivity index (χ2n) is 2.88. The van der Waals surface area contributed by atoms with Crippen molar-refractivity contribution in [1.29, 1.82) is 0 Å². The Morgan fingerprint density at radius 1 is 1.00 bits per heavy atom. The molecule has 0 bridgehead atoms. The molecule has 0 rings (SSSR count). The molecule has 2 nitrogen and oxygen atoms in total. The Balaban J connectivity index is -0.000000142. The van der Waals surface area contributed by atoms with Gasteiger partial charge in [0.25, 0.3) is 0 Å². The summed E-state index contributed by atoms with van der Waals surface area (Å²) >= 11 is 0. The van der Waals surface area contributed by atoms with Crippen molar-refractivity contribution in [3.05, 3.63) is 0 Å². The largest absolute Gasteiger partial charge is 0.330 e. The lowest BCUT2D eigenvalue weighted by Gasteiger charge is -2.02. The molecular weight excluding hydrogens is 160 g/mol. The Kier molecular flexibility index (Phi) is 32.5. The third-order valence-electron chi connectivity index (χ3n) is 1.65. The van der Waals surface area contributed by atoms with Gasteiger partial charge >= 0.3 is 0 Å². The van der Waals surface area contributed by atoms with Crippen LogP contribution in [0.15, 0.2) is 0 Å². The first-order valence-corrected chi connectivity index (χ1v) is 5.62. The van der Waals surface area contributed by atoms with E-state index in [0.717, 1.165) is 25.4 Å². The van der Waals surface area contributed by atoms with Crippen LogP contribution in [0.3, 0.4) is 0 Å². The molecule has 0 aromatic rings. The molecule has 0 saturated heterocycles. The van der Waals surface area contributed by atoms with Gasteiger partial charge in [0, 0.05) is 0 Å². The molecule has 0 radical (unpaired) electrons. The third-order valence-corrected chi connectivity index (χ3v) is 1.65. The summed E-state index contributed by atoms with van der Waals surface area (Å²) in [6.45, 7) is 12.1. The molecule has 2 heteroatoms. The summed E-state index contributed by atoms with van der Waals surface area (Å²) in [5.74, 6) is 0.824. The highest BCUT2D eigenvalue weighted by molar-refractivity contribution is 4.48. The van der Waals surface area contributed by atoms with Crippen molar-refractivity contribution in [2.24, 2.45) is 17.4 Å². The number of hydrogen-bond acceptors (Lipinski definition) is 2. The molecule has 0 aromatic carbocycles. The Morgan fingerprint density at radius 2 is 1.38 bits per heavy atom. The smallest absolute Gasteiger partial charge is 0.00747 e. The molecule has 0 amide bonds. The molecule has 4 N–H and O–H groups in total. The van der Waals surface area contributed by atoms with Crippen LogP contribution in [-0.2, 0) is 0 Å². The van der Waals surface area contributed by atoms with Gasteiger partial charge in [0.05, 0.1) is 0 Å². The zero-order valence-corrected chi connectivity index (χ0v) is 10.3. The fourth-order valence-electron chi connectivity index (χ4n) is 0.489. The fourth-order valence-corrected chi connectivity index (χ4v) is 0.489. The van der Waals surface area contributed by atoms with Gasteiger partial charge < -0.3 is 11.5 Å². The Labute approximate surface area is 85.1 Å². The Hall–Kier alpha value is -0.0800. The second-order valence-corrected chi connectivity index (χ2v) is 2.88. The van der Waals surface area contributed by atoms with Crippen LogP contribution in [0, 0.1) is 5.92 Å². The quantitative estimate of drug-likeness (QED) is 0.716. The third kappa shape index (κ3) is 33.5. The van der Waals surface area contributed by atoms with Gasteiger partial charge in [-0.2, -0.15) is 0 Å². The molecule has 0 aliphatic rings. The molecule has 13 heavy (non-hydrogen) atoms. The van der Waals surface area contributed by atoms with Crippen molar-refractivity contribution < 1.29 is 0 Å². The minimum atomic E-state index is 0.819. The second kappa shape index (κ2) is 22.7. The van der Waals surface area contributed by atoms with Gasteiger partial charge in [0.15, 0.2) is 0 Å². The summed E-state index contributed by atoms with van der Waals surface area (Å²) in [4.78, 5) is 0. The zero-order chi connectivity index (χ0) is 11.1. The normalized spacial score (nSPS) is 10.4. The lowest BCUT2D eigenvalue weighted by molar-refractivity contribution is 0.524. The van der Waals surface area contributed by atoms with Crippen LogP contribution in [0.25, 0.3) is 0 Å². The highest BCUT2D eigenvalue weighted by Crippen LogP contribution is 2.02. The first kappa shape index (κ1) is 18.7. The zero-order valence-electron chi connectivity index (χ0n) is 10.3. The van der Waals surface area contributed by atoms with Gasteiger partial charge in [-0.1, -0.05) is 41.0 Å². The Morgan fingerprint density at radius 3 is 1.46 bits per heavy atom. The minimum absolute atomic E-state index is 0.819. The maximum atomic E-state index is 5.30. The molecule has 84 valence electrons. The van der Waals surface area contributed by atoms with E-state index in [2.05, 4.69) is 20.8 Å². The molecule has 0 aliphatic heterocycles. The molecule has 1 unspecified atom stereocenters. The SMILES string of the molecule is CC.CCC(C)CCN.CCCN. The van der Waals surface area contributed by atoms with Gasteiger partial charge in [-0.3, -0.25) is 0 Å². The summed E-state index contributed by atoms with van der Waals surface area (Å²) in [7, 11) is 0. The predicted octanol–water partition coefficient (Wildman–Crippen LogP) is 2.76. The van der Waals surface area contributed by atoms with Crippen molar-refractivity contribution in [3.8, 4) is 0 Å². The summed E-state index contributed by atoms with van der Waals surface area (Å²) in [5, 5.41) is 0. The van der Waals surface area contributed by atoms with Crippen molar-refractivity contribution in [2.75, 3.05) is 13.1 Å². The maximum Gasteiger partial charge on any atom is -0.00747 e. The van der Waals surface area contributed by atoms with Crippen molar-refractivity contribution in [3.63, 3.8) is 0 Å². The maximum absolute atomic E-state index is 5.30. The summed E-state index contributed by atoms with van der Waals surface area (Å²) in [6, 6.07) is 0. The number of rotatable bonds is 4. The molecule has 0 fully saturated rings. The van der Waals surface area contributed by atoms with Crippen LogP contribution in [0.2, 0.25) is 0 Å². The number of hydrogen-bond donors (Lipinski definition) is 2. The standard InChI is InChI=1S/C6H15N.C3H9N.C2H6/c1-3-6(2)4-5-7;1-2-3-4;1-2/h6H,3-5,7H2,1-2H3;2-4H2,1H3;1-2H3. The van der Waals surface area contributed by atoms with Crippen LogP contribution in [0.4, 0.5) is 0 Å². The molecule has 0 heterocycles. The van der Waals surface area contributed by atoms with E-state index in [9.17, 15) is 0 Å². The van der Waals surface area contributed by atoms with Gasteiger partial charge in [0.1, 0.15) is 0 Å². The van der Waals surface area contributed by atoms with E-state index in [1.54, 1.807) is 0 Å². The molecule has 0 aliphatic carbocycles.